The van der Waals surface area contributed by atoms with E-state index in [9.17, 15) is 9.18 Å². The number of nitrogens with zero attached hydrogens (tertiary/aromatic N) is 2. The van der Waals surface area contributed by atoms with Crippen LogP contribution in [0, 0.1) is 5.82 Å². The van der Waals surface area contributed by atoms with Crippen LogP contribution >= 0.6 is 0 Å². The molecule has 0 unspecified atom stereocenters. The number of methoxy groups -OCH3 is 1. The molecule has 3 rings (SSSR count). The summed E-state index contributed by atoms with van der Waals surface area (Å²) in [6.45, 7) is 0. The zero-order valence-corrected chi connectivity index (χ0v) is 12.6. The first kappa shape index (κ1) is 15.5. The topological polar surface area (TPSA) is 89.3 Å². The molecule has 1 amide bonds. The Labute approximate surface area is 136 Å². The van der Waals surface area contributed by atoms with Gasteiger partial charge < -0.3 is 9.15 Å². The number of oxazole rings is 1. The van der Waals surface area contributed by atoms with Crippen LogP contribution in [0.1, 0.15) is 10.6 Å². The van der Waals surface area contributed by atoms with Crippen LogP contribution in [0.25, 0.3) is 11.5 Å². The molecule has 0 aliphatic heterocycles. The third-order valence-electron chi connectivity index (χ3n) is 3.07. The average Bonchev–Trinajstić information content (AvgIpc) is 3.11. The number of hydrazine groups is 1. The first-order valence-corrected chi connectivity index (χ1v) is 6.94. The van der Waals surface area contributed by atoms with E-state index in [-0.39, 0.29) is 17.3 Å². The van der Waals surface area contributed by atoms with Crippen molar-refractivity contribution in [3.05, 3.63) is 60.4 Å². The minimum atomic E-state index is -0.650. The Bertz CT molecular complexity index is 852. The number of benzene rings is 1. The van der Waals surface area contributed by atoms with Gasteiger partial charge in [-0.2, -0.15) is 0 Å². The predicted octanol–water partition coefficient (Wildman–Crippen LogP) is 2.64. The summed E-state index contributed by atoms with van der Waals surface area (Å²) < 4.78 is 23.6. The molecule has 0 atom stereocenters. The molecule has 2 N–H and O–H groups in total. The van der Waals surface area contributed by atoms with E-state index in [1.54, 1.807) is 0 Å². The third kappa shape index (κ3) is 3.32. The monoisotopic (exact) mass is 328 g/mol. The molecule has 0 spiro atoms. The van der Waals surface area contributed by atoms with Crippen LogP contribution in [0.3, 0.4) is 0 Å². The number of hydrogen-bond acceptors (Lipinski definition) is 6. The number of amides is 1. The van der Waals surface area contributed by atoms with Gasteiger partial charge in [-0.05, 0) is 12.1 Å². The number of anilines is 1. The van der Waals surface area contributed by atoms with Gasteiger partial charge in [-0.1, -0.05) is 18.2 Å². The summed E-state index contributed by atoms with van der Waals surface area (Å²) in [5.41, 5.74) is 5.92. The summed E-state index contributed by atoms with van der Waals surface area (Å²) in [6.07, 6.45) is 2.63. The second kappa shape index (κ2) is 6.78. The molecule has 0 saturated heterocycles. The lowest BCUT2D eigenvalue weighted by molar-refractivity contribution is 0.0936. The number of halogens is 1. The fraction of sp³-hybridized carbons (Fsp3) is 0.0625. The van der Waals surface area contributed by atoms with E-state index < -0.39 is 11.7 Å². The Morgan fingerprint density at radius 3 is 2.71 bits per heavy atom. The Kier molecular flexibility index (Phi) is 4.37. The molecule has 1 aromatic carbocycles. The van der Waals surface area contributed by atoms with Gasteiger partial charge in [0.1, 0.15) is 0 Å². The molecule has 2 heterocycles. The van der Waals surface area contributed by atoms with Crippen LogP contribution < -0.4 is 15.6 Å². The van der Waals surface area contributed by atoms with Crippen molar-refractivity contribution in [2.75, 3.05) is 12.5 Å². The van der Waals surface area contributed by atoms with Gasteiger partial charge in [0.25, 0.3) is 0 Å². The van der Waals surface area contributed by atoms with Crippen LogP contribution in [0.2, 0.25) is 0 Å². The largest absolute Gasteiger partial charge is 0.479 e. The van der Waals surface area contributed by atoms with Crippen molar-refractivity contribution in [3.8, 4) is 17.3 Å². The van der Waals surface area contributed by atoms with Gasteiger partial charge in [-0.3, -0.25) is 15.6 Å². The minimum absolute atomic E-state index is 0.0169. The molecule has 0 bridgehead atoms. The zero-order valence-electron chi connectivity index (χ0n) is 12.6. The number of pyridine rings is 1. The Morgan fingerprint density at radius 1 is 1.21 bits per heavy atom. The van der Waals surface area contributed by atoms with E-state index in [2.05, 4.69) is 20.8 Å². The Hall–Kier alpha value is -3.42. The molecular formula is C16H13FN4O3. The summed E-state index contributed by atoms with van der Waals surface area (Å²) in [7, 11) is 1.31. The quantitative estimate of drug-likeness (QED) is 0.700. The molecular weight excluding hydrogens is 315 g/mol. The Balaban J connectivity index is 1.65. The highest BCUT2D eigenvalue weighted by molar-refractivity contribution is 5.92. The van der Waals surface area contributed by atoms with Gasteiger partial charge in [0, 0.05) is 11.6 Å². The third-order valence-corrected chi connectivity index (χ3v) is 3.07. The highest BCUT2D eigenvalue weighted by atomic mass is 19.1. The van der Waals surface area contributed by atoms with Crippen molar-refractivity contribution >= 4 is 11.6 Å². The maximum atomic E-state index is 13.5. The highest BCUT2D eigenvalue weighted by Gasteiger charge is 2.14. The van der Waals surface area contributed by atoms with Gasteiger partial charge in [-0.25, -0.2) is 14.4 Å². The van der Waals surface area contributed by atoms with Gasteiger partial charge >= 0.3 is 5.91 Å². The van der Waals surface area contributed by atoms with Gasteiger partial charge in [0.05, 0.1) is 25.2 Å². The van der Waals surface area contributed by atoms with Crippen molar-refractivity contribution in [3.63, 3.8) is 0 Å². The normalized spacial score (nSPS) is 10.2. The predicted molar refractivity (Wildman–Crippen MR) is 83.8 cm³/mol. The molecule has 24 heavy (non-hydrogen) atoms. The average molecular weight is 328 g/mol. The summed E-state index contributed by atoms with van der Waals surface area (Å²) in [5.74, 6) is -0.987. The van der Waals surface area contributed by atoms with E-state index in [0.29, 0.717) is 5.89 Å². The smallest absolute Gasteiger partial charge is 0.307 e. The van der Waals surface area contributed by atoms with Crippen LogP contribution in [0.4, 0.5) is 10.1 Å². The summed E-state index contributed by atoms with van der Waals surface area (Å²) >= 11 is 0. The van der Waals surface area contributed by atoms with Gasteiger partial charge in [0.15, 0.2) is 5.82 Å². The standard InChI is InChI=1S/C16H13FN4O3/c1-23-16-12(17)7-11(8-18-16)20-21-14(22)13-9-19-15(24-13)10-5-3-2-4-6-10/h2-9,20H,1H3,(H,21,22). The van der Waals surface area contributed by atoms with E-state index in [0.717, 1.165) is 11.6 Å². The van der Waals surface area contributed by atoms with E-state index in [1.807, 2.05) is 30.3 Å². The molecule has 122 valence electrons. The molecule has 0 aliphatic rings. The van der Waals surface area contributed by atoms with Crippen LogP contribution in [0.5, 0.6) is 5.88 Å². The Morgan fingerprint density at radius 2 is 2.00 bits per heavy atom. The molecule has 3 aromatic rings. The second-order valence-corrected chi connectivity index (χ2v) is 4.69. The summed E-state index contributed by atoms with van der Waals surface area (Å²) in [5, 5.41) is 0. The maximum absolute atomic E-state index is 13.5. The van der Waals surface area contributed by atoms with E-state index >= 15 is 0 Å². The molecule has 0 radical (unpaired) electrons. The number of rotatable bonds is 5. The zero-order chi connectivity index (χ0) is 16.9. The van der Waals surface area contributed by atoms with E-state index in [4.69, 9.17) is 9.15 Å². The van der Waals surface area contributed by atoms with E-state index in [1.165, 1.54) is 19.5 Å². The van der Waals surface area contributed by atoms with Crippen molar-refractivity contribution in [2.24, 2.45) is 0 Å². The number of carbonyl (C=O) groups is 1. The number of carbonyl (C=O) groups excluding carboxylic acids is 1. The van der Waals surface area contributed by atoms with Crippen molar-refractivity contribution in [1.82, 2.24) is 15.4 Å². The van der Waals surface area contributed by atoms with Gasteiger partial charge in [0.2, 0.25) is 17.5 Å². The van der Waals surface area contributed by atoms with Crippen LogP contribution in [-0.4, -0.2) is 23.0 Å². The first-order valence-electron chi connectivity index (χ1n) is 6.94. The number of hydrogen-bond donors (Lipinski definition) is 2. The highest BCUT2D eigenvalue weighted by Crippen LogP contribution is 2.19. The summed E-state index contributed by atoms with van der Waals surface area (Å²) in [4.78, 5) is 19.8. The first-order chi connectivity index (χ1) is 11.7. The van der Waals surface area contributed by atoms with Gasteiger partial charge in [-0.15, -0.1) is 0 Å². The van der Waals surface area contributed by atoms with Crippen LogP contribution in [0.15, 0.2) is 53.2 Å². The van der Waals surface area contributed by atoms with Crippen LogP contribution in [-0.2, 0) is 0 Å². The fourth-order valence-electron chi connectivity index (χ4n) is 1.93. The van der Waals surface area contributed by atoms with Crippen molar-refractivity contribution in [2.45, 2.75) is 0 Å². The lowest BCUT2D eigenvalue weighted by atomic mass is 10.2. The second-order valence-electron chi connectivity index (χ2n) is 4.69. The maximum Gasteiger partial charge on any atom is 0.307 e. The molecule has 8 heteroatoms. The molecule has 7 nitrogen and oxygen atoms in total. The minimum Gasteiger partial charge on any atom is -0.479 e. The molecule has 0 fully saturated rings. The molecule has 2 aromatic heterocycles. The van der Waals surface area contributed by atoms with Crippen molar-refractivity contribution < 1.29 is 18.3 Å². The number of nitrogens with one attached hydrogen (secondary N) is 2. The lowest BCUT2D eigenvalue weighted by Gasteiger charge is -2.07. The fourth-order valence-corrected chi connectivity index (χ4v) is 1.93. The molecule has 0 saturated carbocycles. The lowest BCUT2D eigenvalue weighted by Crippen LogP contribution is -2.29. The number of aromatic nitrogens is 2. The SMILES string of the molecule is COc1ncc(NNC(=O)c2cnc(-c3ccccc3)o2)cc1F. The molecule has 0 aliphatic carbocycles. The van der Waals surface area contributed by atoms with Crippen molar-refractivity contribution in [1.29, 1.82) is 0 Å². The number of ether oxygens (including phenoxy) is 1. The summed E-state index contributed by atoms with van der Waals surface area (Å²) in [6, 6.07) is 10.3.